The molecule has 0 spiro atoms. The monoisotopic (exact) mass is 276 g/mol. The van der Waals surface area contributed by atoms with Gasteiger partial charge in [-0.15, -0.1) is 0 Å². The van der Waals surface area contributed by atoms with Gasteiger partial charge < -0.3 is 4.90 Å². The van der Waals surface area contributed by atoms with Crippen molar-refractivity contribution in [3.8, 4) is 0 Å². The van der Waals surface area contributed by atoms with Crippen molar-refractivity contribution in [2.45, 2.75) is 32.4 Å². The zero-order chi connectivity index (χ0) is 14.4. The molecule has 3 rings (SSSR count). The minimum absolute atomic E-state index is 0.0773. The normalized spacial score (nSPS) is 22.0. The Labute approximate surface area is 114 Å². The quantitative estimate of drug-likeness (QED) is 0.775. The second kappa shape index (κ2) is 4.40. The Kier molecular flexibility index (Phi) is 2.81. The van der Waals surface area contributed by atoms with Gasteiger partial charge in [0.2, 0.25) is 11.8 Å². The van der Waals surface area contributed by atoms with E-state index in [2.05, 4.69) is 5.32 Å². The molecule has 0 aliphatic carbocycles. The lowest BCUT2D eigenvalue weighted by Crippen LogP contribution is -2.52. The molecule has 20 heavy (non-hydrogen) atoms. The van der Waals surface area contributed by atoms with Gasteiger partial charge in [0.1, 0.15) is 11.9 Å². The van der Waals surface area contributed by atoms with E-state index in [1.807, 2.05) is 0 Å². The lowest BCUT2D eigenvalue weighted by Gasteiger charge is -2.29. The third-order valence-electron chi connectivity index (χ3n) is 3.84. The van der Waals surface area contributed by atoms with Crippen molar-refractivity contribution in [1.29, 1.82) is 0 Å². The third kappa shape index (κ3) is 1.79. The van der Waals surface area contributed by atoms with E-state index in [1.54, 1.807) is 19.1 Å². The fourth-order valence-corrected chi connectivity index (χ4v) is 2.72. The molecule has 0 unspecified atom stereocenters. The van der Waals surface area contributed by atoms with Gasteiger partial charge in [-0.2, -0.15) is 0 Å². The maximum atomic E-state index is 14.0. The van der Waals surface area contributed by atoms with E-state index in [-0.39, 0.29) is 31.2 Å². The van der Waals surface area contributed by atoms with Gasteiger partial charge in [-0.25, -0.2) is 4.39 Å². The summed E-state index contributed by atoms with van der Waals surface area (Å²) in [7, 11) is 0. The van der Waals surface area contributed by atoms with Crippen LogP contribution >= 0.6 is 0 Å². The maximum Gasteiger partial charge on any atom is 0.255 e. The molecule has 2 aliphatic heterocycles. The molecule has 1 atom stereocenters. The summed E-state index contributed by atoms with van der Waals surface area (Å²) in [4.78, 5) is 36.6. The number of aryl methyl sites for hydroxylation is 1. The number of nitrogens with one attached hydrogen (secondary N) is 1. The minimum Gasteiger partial charge on any atom is -0.322 e. The Morgan fingerprint density at radius 1 is 1.30 bits per heavy atom. The average Bonchev–Trinajstić information content (AvgIpc) is 2.72. The van der Waals surface area contributed by atoms with Gasteiger partial charge in [0, 0.05) is 17.5 Å². The topological polar surface area (TPSA) is 66.5 Å². The predicted molar refractivity (Wildman–Crippen MR) is 67.2 cm³/mol. The summed E-state index contributed by atoms with van der Waals surface area (Å²) in [5, 5.41) is 2.21. The highest BCUT2D eigenvalue weighted by molar-refractivity contribution is 6.05. The molecule has 1 fully saturated rings. The largest absolute Gasteiger partial charge is 0.322 e. The van der Waals surface area contributed by atoms with Crippen molar-refractivity contribution < 1.29 is 18.8 Å². The first-order valence-electron chi connectivity index (χ1n) is 6.41. The Bertz CT molecular complexity index is 642. The Morgan fingerprint density at radius 3 is 2.75 bits per heavy atom. The molecule has 2 aliphatic rings. The van der Waals surface area contributed by atoms with E-state index >= 15 is 0 Å². The van der Waals surface area contributed by atoms with E-state index in [4.69, 9.17) is 0 Å². The number of amides is 3. The van der Waals surface area contributed by atoms with Gasteiger partial charge in [-0.05, 0) is 25.0 Å². The van der Waals surface area contributed by atoms with Crippen molar-refractivity contribution in [1.82, 2.24) is 10.2 Å². The molecular formula is C14H13FN2O3. The molecule has 1 saturated heterocycles. The fourth-order valence-electron chi connectivity index (χ4n) is 2.72. The molecule has 1 aromatic rings. The summed E-state index contributed by atoms with van der Waals surface area (Å²) in [6.45, 7) is 1.71. The van der Waals surface area contributed by atoms with Crippen molar-refractivity contribution in [2.24, 2.45) is 0 Å². The first kappa shape index (κ1) is 12.8. The van der Waals surface area contributed by atoms with Gasteiger partial charge in [-0.1, -0.05) is 6.07 Å². The number of carbonyl (C=O) groups excluding carboxylic acids is 3. The zero-order valence-electron chi connectivity index (χ0n) is 10.9. The predicted octanol–water partition coefficient (Wildman–Crippen LogP) is 0.895. The van der Waals surface area contributed by atoms with Gasteiger partial charge in [0.05, 0.1) is 6.54 Å². The van der Waals surface area contributed by atoms with E-state index in [1.165, 1.54) is 4.90 Å². The van der Waals surface area contributed by atoms with Crippen molar-refractivity contribution >= 4 is 17.7 Å². The Balaban J connectivity index is 1.92. The summed E-state index contributed by atoms with van der Waals surface area (Å²) >= 11 is 0. The van der Waals surface area contributed by atoms with Crippen LogP contribution in [0.25, 0.3) is 0 Å². The fraction of sp³-hybridized carbons (Fsp3) is 0.357. The van der Waals surface area contributed by atoms with Gasteiger partial charge >= 0.3 is 0 Å². The number of halogens is 1. The molecule has 104 valence electrons. The number of fused-ring (bicyclic) bond motifs is 1. The van der Waals surface area contributed by atoms with Gasteiger partial charge in [-0.3, -0.25) is 19.7 Å². The van der Waals surface area contributed by atoms with Crippen LogP contribution in [-0.2, 0) is 16.1 Å². The van der Waals surface area contributed by atoms with Crippen LogP contribution in [0.3, 0.4) is 0 Å². The van der Waals surface area contributed by atoms with Crippen LogP contribution in [0.2, 0.25) is 0 Å². The molecule has 1 aromatic carbocycles. The molecule has 5 nitrogen and oxygen atoms in total. The summed E-state index contributed by atoms with van der Waals surface area (Å²) in [5.74, 6) is -1.57. The highest BCUT2D eigenvalue weighted by Gasteiger charge is 2.40. The van der Waals surface area contributed by atoms with E-state index in [0.717, 1.165) is 0 Å². The molecular weight excluding hydrogens is 263 g/mol. The first-order valence-corrected chi connectivity index (χ1v) is 6.41. The highest BCUT2D eigenvalue weighted by atomic mass is 19.1. The van der Waals surface area contributed by atoms with Crippen molar-refractivity contribution in [3.63, 3.8) is 0 Å². The van der Waals surface area contributed by atoms with Crippen LogP contribution in [-0.4, -0.2) is 28.7 Å². The van der Waals surface area contributed by atoms with Crippen molar-refractivity contribution in [3.05, 3.63) is 34.6 Å². The van der Waals surface area contributed by atoms with Crippen LogP contribution in [0, 0.1) is 12.7 Å². The molecule has 0 aromatic heterocycles. The number of benzene rings is 1. The SMILES string of the molecule is Cc1ccc2c(c1F)CN([C@H]1CCC(=O)NC1=O)C2=O. The van der Waals surface area contributed by atoms with E-state index < -0.39 is 17.8 Å². The minimum atomic E-state index is -0.702. The zero-order valence-corrected chi connectivity index (χ0v) is 10.9. The highest BCUT2D eigenvalue weighted by Crippen LogP contribution is 2.30. The molecule has 3 amide bonds. The maximum absolute atomic E-state index is 14.0. The van der Waals surface area contributed by atoms with Crippen LogP contribution in [0.5, 0.6) is 0 Å². The van der Waals surface area contributed by atoms with E-state index in [0.29, 0.717) is 16.7 Å². The van der Waals surface area contributed by atoms with Gasteiger partial charge in [0.25, 0.3) is 5.91 Å². The van der Waals surface area contributed by atoms with Gasteiger partial charge in [0.15, 0.2) is 0 Å². The van der Waals surface area contributed by atoms with E-state index in [9.17, 15) is 18.8 Å². The number of hydrogen-bond acceptors (Lipinski definition) is 3. The number of carbonyl (C=O) groups is 3. The number of nitrogens with zero attached hydrogens (tertiary/aromatic N) is 1. The second-order valence-electron chi connectivity index (χ2n) is 5.12. The summed E-state index contributed by atoms with van der Waals surface area (Å²) in [6, 6.07) is 2.44. The smallest absolute Gasteiger partial charge is 0.255 e. The summed E-state index contributed by atoms with van der Waals surface area (Å²) in [6.07, 6.45) is 0.475. The first-order chi connectivity index (χ1) is 9.49. The average molecular weight is 276 g/mol. The molecule has 6 heteroatoms. The number of rotatable bonds is 1. The second-order valence-corrected chi connectivity index (χ2v) is 5.12. The van der Waals surface area contributed by atoms with Crippen LogP contribution in [0.1, 0.15) is 34.3 Å². The van der Waals surface area contributed by atoms with Crippen molar-refractivity contribution in [2.75, 3.05) is 0 Å². The standard InChI is InChI=1S/C14H13FN2O3/c1-7-2-3-8-9(12(7)15)6-17(14(8)20)10-4-5-11(18)16-13(10)19/h2-3,10H,4-6H2,1H3,(H,16,18,19)/t10-/m0/s1. The van der Waals surface area contributed by atoms with Crippen LogP contribution in [0.15, 0.2) is 12.1 Å². The summed E-state index contributed by atoms with van der Waals surface area (Å²) < 4.78 is 14.0. The van der Waals surface area contributed by atoms with Crippen LogP contribution in [0.4, 0.5) is 4.39 Å². The lowest BCUT2D eigenvalue weighted by atomic mass is 10.0. The lowest BCUT2D eigenvalue weighted by molar-refractivity contribution is -0.136. The molecule has 2 heterocycles. The number of piperidine rings is 1. The number of imide groups is 1. The van der Waals surface area contributed by atoms with Crippen LogP contribution < -0.4 is 5.32 Å². The summed E-state index contributed by atoms with van der Waals surface area (Å²) in [5.41, 5.74) is 1.11. The molecule has 1 N–H and O–H groups in total. The number of hydrogen-bond donors (Lipinski definition) is 1. The molecule has 0 saturated carbocycles. The molecule has 0 bridgehead atoms. The molecule has 0 radical (unpaired) electrons. The Hall–Kier alpha value is -2.24. The Morgan fingerprint density at radius 2 is 2.05 bits per heavy atom. The third-order valence-corrected chi connectivity index (χ3v) is 3.84.